The quantitative estimate of drug-likeness (QED) is 0.758. The maximum absolute atomic E-state index is 11.9. The molecule has 106 valence electrons. The fourth-order valence-corrected chi connectivity index (χ4v) is 2.33. The SMILES string of the molecule is CCOCCC(=O)N1CCC(c2nc(N)n[nH]2)CC1. The van der Waals surface area contributed by atoms with Crippen molar-refractivity contribution >= 4 is 11.9 Å². The molecule has 2 heterocycles. The molecule has 7 nitrogen and oxygen atoms in total. The number of nitrogens with two attached hydrogens (primary N) is 1. The second-order valence-electron chi connectivity index (χ2n) is 4.68. The van der Waals surface area contributed by atoms with Gasteiger partial charge in [-0.05, 0) is 19.8 Å². The topological polar surface area (TPSA) is 97.1 Å². The molecule has 1 aromatic rings. The van der Waals surface area contributed by atoms with E-state index >= 15 is 0 Å². The highest BCUT2D eigenvalue weighted by Crippen LogP contribution is 2.25. The molecule has 0 spiro atoms. The van der Waals surface area contributed by atoms with Crippen LogP contribution in [0.1, 0.15) is 37.9 Å². The van der Waals surface area contributed by atoms with Gasteiger partial charge in [0.1, 0.15) is 5.82 Å². The van der Waals surface area contributed by atoms with E-state index < -0.39 is 0 Å². The maximum atomic E-state index is 11.9. The number of carbonyl (C=O) groups excluding carboxylic acids is 1. The van der Waals surface area contributed by atoms with E-state index in [1.165, 1.54) is 0 Å². The van der Waals surface area contributed by atoms with Gasteiger partial charge in [0.2, 0.25) is 11.9 Å². The molecule has 2 rings (SSSR count). The van der Waals surface area contributed by atoms with Crippen LogP contribution >= 0.6 is 0 Å². The molecule has 1 amide bonds. The van der Waals surface area contributed by atoms with E-state index in [1.807, 2.05) is 11.8 Å². The summed E-state index contributed by atoms with van der Waals surface area (Å²) >= 11 is 0. The van der Waals surface area contributed by atoms with Crippen LogP contribution in [-0.4, -0.2) is 52.3 Å². The standard InChI is InChI=1S/C12H21N5O2/c1-2-19-8-5-10(18)17-6-3-9(4-7-17)11-14-12(13)16-15-11/h9H,2-8H2,1H3,(H3,13,14,15,16). The number of nitrogen functional groups attached to an aromatic ring is 1. The summed E-state index contributed by atoms with van der Waals surface area (Å²) in [4.78, 5) is 18.0. The number of likely N-dealkylation sites (tertiary alicyclic amines) is 1. The molecule has 1 fully saturated rings. The third-order valence-electron chi connectivity index (χ3n) is 3.42. The lowest BCUT2D eigenvalue weighted by Crippen LogP contribution is -2.38. The Morgan fingerprint density at radius 2 is 2.26 bits per heavy atom. The molecule has 0 bridgehead atoms. The minimum atomic E-state index is 0.170. The molecule has 7 heteroatoms. The molecular formula is C12H21N5O2. The van der Waals surface area contributed by atoms with Crippen LogP contribution in [0, 0.1) is 0 Å². The van der Waals surface area contributed by atoms with Crippen LogP contribution in [0.2, 0.25) is 0 Å². The van der Waals surface area contributed by atoms with Gasteiger partial charge < -0.3 is 15.4 Å². The molecule has 0 saturated carbocycles. The Bertz CT molecular complexity index is 412. The van der Waals surface area contributed by atoms with Gasteiger partial charge in [-0.1, -0.05) is 0 Å². The summed E-state index contributed by atoms with van der Waals surface area (Å²) in [7, 11) is 0. The van der Waals surface area contributed by atoms with Crippen molar-refractivity contribution in [1.29, 1.82) is 0 Å². The summed E-state index contributed by atoms with van der Waals surface area (Å²) in [5.41, 5.74) is 5.50. The van der Waals surface area contributed by atoms with Crippen molar-refractivity contribution in [3.05, 3.63) is 5.82 Å². The van der Waals surface area contributed by atoms with Gasteiger partial charge in [0.15, 0.2) is 0 Å². The van der Waals surface area contributed by atoms with Gasteiger partial charge in [0.25, 0.3) is 0 Å². The predicted octanol–water partition coefficient (Wildman–Crippen LogP) is 0.520. The average Bonchev–Trinajstić information content (AvgIpc) is 2.86. The Morgan fingerprint density at radius 1 is 1.53 bits per heavy atom. The van der Waals surface area contributed by atoms with Crippen molar-refractivity contribution in [2.75, 3.05) is 32.0 Å². The van der Waals surface area contributed by atoms with Crippen LogP contribution in [-0.2, 0) is 9.53 Å². The third-order valence-corrected chi connectivity index (χ3v) is 3.42. The summed E-state index contributed by atoms with van der Waals surface area (Å²) in [6, 6.07) is 0. The zero-order valence-electron chi connectivity index (χ0n) is 11.3. The Morgan fingerprint density at radius 3 is 2.84 bits per heavy atom. The molecule has 1 aromatic heterocycles. The molecule has 1 saturated heterocycles. The van der Waals surface area contributed by atoms with Crippen LogP contribution in [0.4, 0.5) is 5.95 Å². The van der Waals surface area contributed by atoms with E-state index in [0.29, 0.717) is 25.6 Å². The first-order valence-corrected chi connectivity index (χ1v) is 6.74. The van der Waals surface area contributed by atoms with Crippen LogP contribution < -0.4 is 5.73 Å². The second kappa shape index (κ2) is 6.51. The molecule has 19 heavy (non-hydrogen) atoms. The van der Waals surface area contributed by atoms with Gasteiger partial charge >= 0.3 is 0 Å². The highest BCUT2D eigenvalue weighted by atomic mass is 16.5. The van der Waals surface area contributed by atoms with Crippen molar-refractivity contribution in [2.45, 2.75) is 32.1 Å². The molecule has 0 radical (unpaired) electrons. The molecule has 1 aliphatic rings. The molecule has 0 aromatic carbocycles. The smallest absolute Gasteiger partial charge is 0.239 e. The molecular weight excluding hydrogens is 246 g/mol. The van der Waals surface area contributed by atoms with E-state index in [1.54, 1.807) is 0 Å². The number of ether oxygens (including phenoxy) is 1. The van der Waals surface area contributed by atoms with Gasteiger partial charge in [-0.3, -0.25) is 9.89 Å². The van der Waals surface area contributed by atoms with E-state index in [9.17, 15) is 4.79 Å². The number of carbonyl (C=O) groups is 1. The van der Waals surface area contributed by atoms with Crippen molar-refractivity contribution < 1.29 is 9.53 Å². The largest absolute Gasteiger partial charge is 0.381 e. The maximum Gasteiger partial charge on any atom is 0.239 e. The van der Waals surface area contributed by atoms with Gasteiger partial charge in [-0.25, -0.2) is 0 Å². The van der Waals surface area contributed by atoms with E-state index in [2.05, 4.69) is 15.2 Å². The first-order valence-electron chi connectivity index (χ1n) is 6.74. The van der Waals surface area contributed by atoms with Crippen molar-refractivity contribution in [3.8, 4) is 0 Å². The fraction of sp³-hybridized carbons (Fsp3) is 0.750. The van der Waals surface area contributed by atoms with Crippen molar-refractivity contribution in [3.63, 3.8) is 0 Å². The van der Waals surface area contributed by atoms with Crippen LogP contribution in [0.15, 0.2) is 0 Å². The number of amides is 1. The minimum Gasteiger partial charge on any atom is -0.381 e. The number of H-pyrrole nitrogens is 1. The summed E-state index contributed by atoms with van der Waals surface area (Å²) in [5.74, 6) is 1.61. The number of piperidine rings is 1. The number of nitrogens with one attached hydrogen (secondary N) is 1. The lowest BCUT2D eigenvalue weighted by Gasteiger charge is -2.31. The number of nitrogens with zero attached hydrogens (tertiary/aromatic N) is 3. The lowest BCUT2D eigenvalue weighted by molar-refractivity contribution is -0.133. The summed E-state index contributed by atoms with van der Waals surface area (Å²) in [5, 5.41) is 6.69. The number of aromatic nitrogens is 3. The van der Waals surface area contributed by atoms with Crippen molar-refractivity contribution in [2.24, 2.45) is 0 Å². The number of hydrogen-bond acceptors (Lipinski definition) is 5. The summed E-state index contributed by atoms with van der Waals surface area (Å²) in [6.45, 7) is 4.61. The second-order valence-corrected chi connectivity index (χ2v) is 4.68. The first-order chi connectivity index (χ1) is 9.20. The monoisotopic (exact) mass is 267 g/mol. The summed E-state index contributed by atoms with van der Waals surface area (Å²) in [6.07, 6.45) is 2.26. The van der Waals surface area contributed by atoms with E-state index in [0.717, 1.165) is 31.8 Å². The zero-order valence-corrected chi connectivity index (χ0v) is 11.3. The van der Waals surface area contributed by atoms with Crippen LogP contribution in [0.25, 0.3) is 0 Å². The highest BCUT2D eigenvalue weighted by molar-refractivity contribution is 5.76. The summed E-state index contributed by atoms with van der Waals surface area (Å²) < 4.78 is 5.20. The molecule has 3 N–H and O–H groups in total. The number of aromatic amines is 1. The van der Waals surface area contributed by atoms with Gasteiger partial charge in [-0.15, -0.1) is 5.10 Å². The average molecular weight is 267 g/mol. The van der Waals surface area contributed by atoms with Gasteiger partial charge in [-0.2, -0.15) is 4.98 Å². The third kappa shape index (κ3) is 3.66. The number of hydrogen-bond donors (Lipinski definition) is 2. The molecule has 0 unspecified atom stereocenters. The normalized spacial score (nSPS) is 16.8. The molecule has 1 aliphatic heterocycles. The minimum absolute atomic E-state index is 0.170. The lowest BCUT2D eigenvalue weighted by atomic mass is 9.96. The van der Waals surface area contributed by atoms with E-state index in [-0.39, 0.29) is 11.9 Å². The van der Waals surface area contributed by atoms with Crippen LogP contribution in [0.5, 0.6) is 0 Å². The van der Waals surface area contributed by atoms with Gasteiger partial charge in [0, 0.05) is 25.6 Å². The van der Waals surface area contributed by atoms with Crippen LogP contribution in [0.3, 0.4) is 0 Å². The fourth-order valence-electron chi connectivity index (χ4n) is 2.33. The van der Waals surface area contributed by atoms with Gasteiger partial charge in [0.05, 0.1) is 13.0 Å². The molecule has 0 aliphatic carbocycles. The predicted molar refractivity (Wildman–Crippen MR) is 70.5 cm³/mol. The van der Waals surface area contributed by atoms with Crippen molar-refractivity contribution in [1.82, 2.24) is 20.1 Å². The Labute approximate surface area is 112 Å². The Hall–Kier alpha value is -1.63. The Kier molecular flexibility index (Phi) is 4.73. The van der Waals surface area contributed by atoms with E-state index in [4.69, 9.17) is 10.5 Å². The number of rotatable bonds is 5. The zero-order chi connectivity index (χ0) is 13.7. The molecule has 0 atom stereocenters. The number of anilines is 1. The Balaban J connectivity index is 1.77. The highest BCUT2D eigenvalue weighted by Gasteiger charge is 2.25. The first kappa shape index (κ1) is 13.8.